The van der Waals surface area contributed by atoms with Crippen LogP contribution in [0.2, 0.25) is 0 Å². The number of aryl methyl sites for hydroxylation is 2. The molecule has 0 aliphatic carbocycles. The molecule has 0 amide bonds. The Morgan fingerprint density at radius 3 is 2.22 bits per heavy atom. The summed E-state index contributed by atoms with van der Waals surface area (Å²) in [6.45, 7) is 4.26. The largest absolute Gasteiger partial charge is 0.487 e. The molecule has 0 N–H and O–H groups in total. The lowest BCUT2D eigenvalue weighted by Gasteiger charge is -2.09. The third-order valence-corrected chi connectivity index (χ3v) is 3.58. The third-order valence-electron chi connectivity index (χ3n) is 3.58. The molecule has 0 radical (unpaired) electrons. The first-order valence-corrected chi connectivity index (χ1v) is 7.33. The molecule has 1 heterocycles. The van der Waals surface area contributed by atoms with E-state index in [2.05, 4.69) is 10.3 Å². The average molecular weight is 307 g/mol. The monoisotopic (exact) mass is 307 g/mol. The van der Waals surface area contributed by atoms with E-state index in [0.29, 0.717) is 12.0 Å². The van der Waals surface area contributed by atoms with Gasteiger partial charge in [0.05, 0.1) is 5.69 Å². The Balaban J connectivity index is 1.88. The Kier molecular flexibility index (Phi) is 4.19. The van der Waals surface area contributed by atoms with Crippen LogP contribution in [0.25, 0.3) is 5.69 Å². The number of benzene rings is 2. The van der Waals surface area contributed by atoms with Crippen molar-refractivity contribution >= 4 is 6.29 Å². The highest BCUT2D eigenvalue weighted by atomic mass is 16.5. The number of aromatic nitrogens is 3. The molecule has 2 aromatic carbocycles. The second kappa shape index (κ2) is 6.44. The van der Waals surface area contributed by atoms with Crippen molar-refractivity contribution in [2.75, 3.05) is 0 Å². The summed E-state index contributed by atoms with van der Waals surface area (Å²) < 4.78 is 7.41. The van der Waals surface area contributed by atoms with Crippen LogP contribution in [-0.2, 0) is 6.61 Å². The van der Waals surface area contributed by atoms with Gasteiger partial charge in [0.15, 0.2) is 12.0 Å². The molecule has 116 valence electrons. The van der Waals surface area contributed by atoms with E-state index >= 15 is 0 Å². The van der Waals surface area contributed by atoms with Gasteiger partial charge < -0.3 is 4.74 Å². The third kappa shape index (κ3) is 3.29. The van der Waals surface area contributed by atoms with Crippen LogP contribution >= 0.6 is 0 Å². The fourth-order valence-electron chi connectivity index (χ4n) is 2.22. The van der Waals surface area contributed by atoms with Crippen molar-refractivity contribution in [3.8, 4) is 11.4 Å². The number of ether oxygens (including phenoxy) is 1. The maximum absolute atomic E-state index is 11.2. The standard InChI is InChI=1S/C18H17N3O2/c1-13-3-7-15(8-4-13)21-18(17(11-22)19-20-21)12-23-16-9-5-14(2)6-10-16/h3-11H,12H2,1-2H3. The molecule has 0 unspecified atom stereocenters. The zero-order chi connectivity index (χ0) is 16.2. The van der Waals surface area contributed by atoms with Crippen LogP contribution in [0.15, 0.2) is 48.5 Å². The molecule has 0 spiro atoms. The van der Waals surface area contributed by atoms with Crippen molar-refractivity contribution in [2.45, 2.75) is 20.5 Å². The number of hydrogen-bond donors (Lipinski definition) is 0. The Bertz CT molecular complexity index is 805. The summed E-state index contributed by atoms with van der Waals surface area (Å²) in [5.41, 5.74) is 4.08. The van der Waals surface area contributed by atoms with Gasteiger partial charge in [-0.1, -0.05) is 40.6 Å². The second-order valence-corrected chi connectivity index (χ2v) is 5.39. The summed E-state index contributed by atoms with van der Waals surface area (Å²) in [6, 6.07) is 15.6. The molecular weight excluding hydrogens is 290 g/mol. The molecule has 0 aliphatic heterocycles. The van der Waals surface area contributed by atoms with E-state index < -0.39 is 0 Å². The Morgan fingerprint density at radius 2 is 1.61 bits per heavy atom. The molecule has 3 rings (SSSR count). The molecule has 5 heteroatoms. The molecule has 1 aromatic heterocycles. The number of nitrogens with zero attached hydrogens (tertiary/aromatic N) is 3. The van der Waals surface area contributed by atoms with Crippen molar-refractivity contribution in [1.29, 1.82) is 0 Å². The van der Waals surface area contributed by atoms with Gasteiger partial charge in [-0.2, -0.15) is 0 Å². The summed E-state index contributed by atoms with van der Waals surface area (Å²) >= 11 is 0. The van der Waals surface area contributed by atoms with E-state index in [-0.39, 0.29) is 12.3 Å². The molecule has 23 heavy (non-hydrogen) atoms. The van der Waals surface area contributed by atoms with Crippen molar-refractivity contribution in [1.82, 2.24) is 15.0 Å². The first kappa shape index (κ1) is 15.0. The maximum atomic E-state index is 11.2. The summed E-state index contributed by atoms with van der Waals surface area (Å²) in [4.78, 5) is 11.2. The lowest BCUT2D eigenvalue weighted by molar-refractivity contribution is 0.111. The van der Waals surface area contributed by atoms with Crippen molar-refractivity contribution in [3.63, 3.8) is 0 Å². The minimum atomic E-state index is 0.220. The predicted octanol–water partition coefficient (Wildman–Crippen LogP) is 3.28. The predicted molar refractivity (Wildman–Crippen MR) is 87.0 cm³/mol. The molecule has 0 saturated heterocycles. The molecule has 0 bridgehead atoms. The molecule has 0 aliphatic rings. The number of aldehydes is 1. The van der Waals surface area contributed by atoms with Gasteiger partial charge in [0.2, 0.25) is 0 Å². The number of carbonyl (C=O) groups excluding carboxylic acids is 1. The van der Waals surface area contributed by atoms with Gasteiger partial charge in [0.1, 0.15) is 18.1 Å². The average Bonchev–Trinajstić information content (AvgIpc) is 2.98. The topological polar surface area (TPSA) is 57.0 Å². The Labute approximate surface area is 134 Å². The number of carbonyl (C=O) groups is 1. The lowest BCUT2D eigenvalue weighted by Crippen LogP contribution is -2.07. The van der Waals surface area contributed by atoms with Crippen LogP contribution < -0.4 is 4.74 Å². The van der Waals surface area contributed by atoms with Gasteiger partial charge in [-0.05, 0) is 38.1 Å². The highest BCUT2D eigenvalue weighted by Gasteiger charge is 2.14. The van der Waals surface area contributed by atoms with Gasteiger partial charge in [-0.3, -0.25) is 4.79 Å². The van der Waals surface area contributed by atoms with Gasteiger partial charge in [-0.15, -0.1) is 5.10 Å². The quantitative estimate of drug-likeness (QED) is 0.679. The molecule has 0 fully saturated rings. The van der Waals surface area contributed by atoms with Crippen LogP contribution in [0.5, 0.6) is 5.75 Å². The van der Waals surface area contributed by atoms with Gasteiger partial charge >= 0.3 is 0 Å². The van der Waals surface area contributed by atoms with Gasteiger partial charge in [0, 0.05) is 0 Å². The van der Waals surface area contributed by atoms with Crippen LogP contribution in [0, 0.1) is 13.8 Å². The Morgan fingerprint density at radius 1 is 1.00 bits per heavy atom. The van der Waals surface area contributed by atoms with Gasteiger partial charge in [-0.25, -0.2) is 4.68 Å². The van der Waals surface area contributed by atoms with Crippen LogP contribution in [0.1, 0.15) is 27.3 Å². The van der Waals surface area contributed by atoms with E-state index in [1.807, 2.05) is 62.4 Å². The number of rotatable bonds is 5. The van der Waals surface area contributed by atoms with Crippen molar-refractivity contribution in [3.05, 3.63) is 71.0 Å². The van der Waals surface area contributed by atoms with Gasteiger partial charge in [0.25, 0.3) is 0 Å². The van der Waals surface area contributed by atoms with E-state index in [4.69, 9.17) is 4.74 Å². The van der Waals surface area contributed by atoms with Crippen LogP contribution in [0.3, 0.4) is 0 Å². The summed E-state index contributed by atoms with van der Waals surface area (Å²) in [5.74, 6) is 0.740. The fraction of sp³-hybridized carbons (Fsp3) is 0.167. The second-order valence-electron chi connectivity index (χ2n) is 5.39. The normalized spacial score (nSPS) is 10.5. The Hall–Kier alpha value is -2.95. The van der Waals surface area contributed by atoms with Crippen molar-refractivity contribution in [2.24, 2.45) is 0 Å². The first-order chi connectivity index (χ1) is 11.2. The number of hydrogen-bond acceptors (Lipinski definition) is 4. The molecule has 0 atom stereocenters. The molecular formula is C18H17N3O2. The summed E-state index contributed by atoms with van der Waals surface area (Å²) in [6.07, 6.45) is 0.700. The molecule has 5 nitrogen and oxygen atoms in total. The highest BCUT2D eigenvalue weighted by Crippen LogP contribution is 2.17. The smallest absolute Gasteiger partial charge is 0.172 e. The molecule has 0 saturated carbocycles. The summed E-state index contributed by atoms with van der Waals surface area (Å²) in [5, 5.41) is 7.99. The van der Waals surface area contributed by atoms with E-state index in [1.54, 1.807) is 4.68 Å². The fourth-order valence-corrected chi connectivity index (χ4v) is 2.22. The van der Waals surface area contributed by atoms with E-state index in [9.17, 15) is 4.79 Å². The van der Waals surface area contributed by atoms with Crippen molar-refractivity contribution < 1.29 is 9.53 Å². The zero-order valence-corrected chi connectivity index (χ0v) is 13.1. The van der Waals surface area contributed by atoms with E-state index in [0.717, 1.165) is 22.6 Å². The SMILES string of the molecule is Cc1ccc(OCc2c(C=O)nnn2-c2ccc(C)cc2)cc1. The molecule has 3 aromatic rings. The maximum Gasteiger partial charge on any atom is 0.172 e. The summed E-state index contributed by atoms with van der Waals surface area (Å²) in [7, 11) is 0. The zero-order valence-electron chi connectivity index (χ0n) is 13.1. The van der Waals surface area contributed by atoms with E-state index in [1.165, 1.54) is 0 Å². The first-order valence-electron chi connectivity index (χ1n) is 7.33. The van der Waals surface area contributed by atoms with Crippen LogP contribution in [-0.4, -0.2) is 21.3 Å². The minimum absolute atomic E-state index is 0.220. The highest BCUT2D eigenvalue weighted by molar-refractivity contribution is 5.73. The minimum Gasteiger partial charge on any atom is -0.487 e. The van der Waals surface area contributed by atoms with Crippen LogP contribution in [0.4, 0.5) is 0 Å². The lowest BCUT2D eigenvalue weighted by atomic mass is 10.2.